The summed E-state index contributed by atoms with van der Waals surface area (Å²) < 4.78 is 1.04. The van der Waals surface area contributed by atoms with Crippen molar-refractivity contribution in [3.8, 4) is 0 Å². The van der Waals surface area contributed by atoms with Gasteiger partial charge in [-0.15, -0.1) is 0 Å². The van der Waals surface area contributed by atoms with E-state index in [2.05, 4.69) is 50.1 Å². The maximum atomic E-state index is 12.9. The summed E-state index contributed by atoms with van der Waals surface area (Å²) in [6, 6.07) is 32.1. The number of nitrogens with zero attached hydrogens (tertiary/aromatic N) is 2. The van der Waals surface area contributed by atoms with Crippen LogP contribution in [-0.2, 0) is 0 Å². The molecule has 0 bridgehead atoms. The second kappa shape index (κ2) is 9.84. The van der Waals surface area contributed by atoms with Crippen LogP contribution in [0.4, 0.5) is 5.69 Å². The Morgan fingerprint density at radius 2 is 1.62 bits per heavy atom. The second-order valence-electron chi connectivity index (χ2n) is 7.84. The first-order chi connectivity index (χ1) is 16.6. The monoisotopic (exact) mass is 524 g/mol. The molecule has 0 amide bonds. The van der Waals surface area contributed by atoms with Crippen LogP contribution in [0.2, 0.25) is 0 Å². The molecule has 1 aliphatic heterocycles. The Hall–Kier alpha value is -3.41. The van der Waals surface area contributed by atoms with Crippen molar-refractivity contribution in [3.63, 3.8) is 0 Å². The largest absolute Gasteiger partial charge is 0.338 e. The van der Waals surface area contributed by atoms with E-state index in [0.29, 0.717) is 0 Å². The Labute approximate surface area is 211 Å². The quantitative estimate of drug-likeness (QED) is 0.172. The van der Waals surface area contributed by atoms with Gasteiger partial charge in [0.2, 0.25) is 0 Å². The summed E-state index contributed by atoms with van der Waals surface area (Å²) in [7, 11) is 1.99. The predicted molar refractivity (Wildman–Crippen MR) is 147 cm³/mol. The lowest BCUT2D eigenvalue weighted by Gasteiger charge is -2.13. The summed E-state index contributed by atoms with van der Waals surface area (Å²) in [6.07, 6.45) is 3.54. The molecule has 0 saturated carbocycles. The average molecular weight is 525 g/mol. The molecular weight excluding hydrogens is 504 g/mol. The molecule has 1 aromatic heterocycles. The zero-order valence-corrected chi connectivity index (χ0v) is 20.9. The number of para-hydroxylation sites is 1. The van der Waals surface area contributed by atoms with Gasteiger partial charge in [-0.3, -0.25) is 9.78 Å². The van der Waals surface area contributed by atoms with E-state index in [1.165, 1.54) is 5.39 Å². The Morgan fingerprint density at radius 1 is 0.882 bits per heavy atom. The molecule has 5 aromatic rings. The Bertz CT molecular complexity index is 1480. The molecule has 0 fully saturated rings. The number of rotatable bonds is 2. The summed E-state index contributed by atoms with van der Waals surface area (Å²) in [5.41, 5.74) is 2.92. The zero-order chi connectivity index (χ0) is 23.5. The third kappa shape index (κ3) is 4.63. The van der Waals surface area contributed by atoms with E-state index in [-0.39, 0.29) is 5.78 Å². The highest BCUT2D eigenvalue weighted by Crippen LogP contribution is 2.46. The van der Waals surface area contributed by atoms with Crippen LogP contribution in [0.5, 0.6) is 0 Å². The Kier molecular flexibility index (Phi) is 6.48. The van der Waals surface area contributed by atoms with E-state index in [1.807, 2.05) is 86.0 Å². The number of anilines is 1. The van der Waals surface area contributed by atoms with Crippen molar-refractivity contribution in [1.82, 2.24) is 4.98 Å². The fraction of sp³-hybridized carbons (Fsp3) is 0.0345. The number of hydrogen-bond acceptors (Lipinski definition) is 4. The van der Waals surface area contributed by atoms with Gasteiger partial charge in [-0.1, -0.05) is 94.4 Å². The van der Waals surface area contributed by atoms with Gasteiger partial charge in [0.1, 0.15) is 0 Å². The van der Waals surface area contributed by atoms with Gasteiger partial charge in [0.05, 0.1) is 16.2 Å². The molecule has 6 rings (SSSR count). The molecule has 2 heterocycles. The number of halogens is 1. The number of carbonyl (C=O) groups excluding carboxylic acids is 1. The van der Waals surface area contributed by atoms with E-state index in [9.17, 15) is 4.79 Å². The van der Waals surface area contributed by atoms with Gasteiger partial charge in [-0.2, -0.15) is 0 Å². The van der Waals surface area contributed by atoms with Crippen molar-refractivity contribution >= 4 is 60.8 Å². The highest BCUT2D eigenvalue weighted by Gasteiger charge is 2.23. The molecule has 3 nitrogen and oxygen atoms in total. The molecule has 5 heteroatoms. The van der Waals surface area contributed by atoms with Crippen molar-refractivity contribution in [2.24, 2.45) is 0 Å². The van der Waals surface area contributed by atoms with Gasteiger partial charge < -0.3 is 4.90 Å². The fourth-order valence-electron chi connectivity index (χ4n) is 3.91. The van der Waals surface area contributed by atoms with E-state index >= 15 is 0 Å². The molecule has 0 N–H and O–H groups in total. The third-order valence-electron chi connectivity index (χ3n) is 5.65. The molecule has 1 aliphatic rings. The summed E-state index contributed by atoms with van der Waals surface area (Å²) in [5.74, 6) is 0.0352. The predicted octanol–water partition coefficient (Wildman–Crippen LogP) is 8.10. The number of aromatic nitrogens is 1. The first kappa shape index (κ1) is 22.4. The maximum Gasteiger partial charge on any atom is 0.189 e. The van der Waals surface area contributed by atoms with Crippen LogP contribution in [0.15, 0.2) is 124 Å². The summed E-state index contributed by atoms with van der Waals surface area (Å²) >= 11 is 5.13. The van der Waals surface area contributed by atoms with Crippen LogP contribution in [-0.4, -0.2) is 17.8 Å². The van der Waals surface area contributed by atoms with E-state index in [4.69, 9.17) is 0 Å². The minimum atomic E-state index is 0.0352. The molecule has 0 aliphatic carbocycles. The molecule has 34 heavy (non-hydrogen) atoms. The van der Waals surface area contributed by atoms with E-state index in [0.717, 1.165) is 41.9 Å². The van der Waals surface area contributed by atoms with Gasteiger partial charge in [0, 0.05) is 39.6 Å². The van der Waals surface area contributed by atoms with Crippen molar-refractivity contribution in [1.29, 1.82) is 0 Å². The van der Waals surface area contributed by atoms with Crippen LogP contribution in [0, 0.1) is 0 Å². The minimum absolute atomic E-state index is 0.0352. The van der Waals surface area contributed by atoms with Gasteiger partial charge in [0.25, 0.3) is 0 Å². The SMILES string of the molecule is CN1C(=CC(=O)c2cccc3ccccc23)Sc2ccc(Br)cc21.c1ccc2ncccc2c1. The lowest BCUT2D eigenvalue weighted by molar-refractivity contribution is 0.104. The number of hydrogen-bond donors (Lipinski definition) is 0. The lowest BCUT2D eigenvalue weighted by Crippen LogP contribution is -2.11. The molecule has 0 unspecified atom stereocenters. The Morgan fingerprint density at radius 3 is 2.47 bits per heavy atom. The topological polar surface area (TPSA) is 33.2 Å². The third-order valence-corrected chi connectivity index (χ3v) is 7.31. The molecule has 0 radical (unpaired) electrons. The van der Waals surface area contributed by atoms with Gasteiger partial charge in [0.15, 0.2) is 5.78 Å². The average Bonchev–Trinajstić information content (AvgIpc) is 3.18. The molecular formula is C29H21BrN2OS. The summed E-state index contributed by atoms with van der Waals surface area (Å²) in [4.78, 5) is 20.3. The van der Waals surface area contributed by atoms with Crippen molar-refractivity contribution in [2.75, 3.05) is 11.9 Å². The zero-order valence-electron chi connectivity index (χ0n) is 18.5. The van der Waals surface area contributed by atoms with Crippen molar-refractivity contribution in [3.05, 3.63) is 124 Å². The number of allylic oxidation sites excluding steroid dienone is 1. The summed E-state index contributed by atoms with van der Waals surface area (Å²) in [6.45, 7) is 0. The number of carbonyl (C=O) groups is 1. The first-order valence-corrected chi connectivity index (χ1v) is 12.5. The van der Waals surface area contributed by atoms with Crippen molar-refractivity contribution < 1.29 is 4.79 Å². The number of benzene rings is 4. The van der Waals surface area contributed by atoms with Crippen LogP contribution in [0.25, 0.3) is 21.7 Å². The van der Waals surface area contributed by atoms with Gasteiger partial charge in [-0.25, -0.2) is 0 Å². The number of fused-ring (bicyclic) bond motifs is 3. The van der Waals surface area contributed by atoms with Crippen molar-refractivity contribution in [2.45, 2.75) is 4.90 Å². The molecule has 0 saturated heterocycles. The summed E-state index contributed by atoms with van der Waals surface area (Å²) in [5, 5.41) is 4.22. The van der Waals surface area contributed by atoms with Crippen LogP contribution in [0.3, 0.4) is 0 Å². The van der Waals surface area contributed by atoms with Gasteiger partial charge >= 0.3 is 0 Å². The number of pyridine rings is 1. The van der Waals surface area contributed by atoms with Crippen LogP contribution in [0.1, 0.15) is 10.4 Å². The second-order valence-corrected chi connectivity index (χ2v) is 9.82. The number of ketones is 1. The maximum absolute atomic E-state index is 12.9. The fourth-order valence-corrected chi connectivity index (χ4v) is 5.32. The first-order valence-electron chi connectivity index (χ1n) is 10.8. The molecule has 4 aromatic carbocycles. The standard InChI is InChI=1S/C20H14BrNOS.C9H7N/c1-22-17-11-14(21)9-10-19(17)24-20(22)12-18(23)16-8-4-6-13-5-2-3-7-15(13)16;1-2-6-9-8(4-1)5-3-7-10-9/h2-12H,1H3;1-7H. The lowest BCUT2D eigenvalue weighted by atomic mass is 10.0. The highest BCUT2D eigenvalue weighted by atomic mass is 79.9. The molecule has 0 spiro atoms. The Balaban J connectivity index is 0.000000200. The van der Waals surface area contributed by atoms with E-state index in [1.54, 1.807) is 17.8 Å². The highest BCUT2D eigenvalue weighted by molar-refractivity contribution is 9.10. The number of thioether (sulfide) groups is 1. The van der Waals surface area contributed by atoms with Crippen LogP contribution < -0.4 is 4.90 Å². The smallest absolute Gasteiger partial charge is 0.189 e. The molecule has 166 valence electrons. The molecule has 0 atom stereocenters. The van der Waals surface area contributed by atoms with Gasteiger partial charge in [-0.05, 0) is 41.1 Å². The minimum Gasteiger partial charge on any atom is -0.338 e. The van der Waals surface area contributed by atoms with Crippen LogP contribution >= 0.6 is 27.7 Å². The van der Waals surface area contributed by atoms with E-state index < -0.39 is 0 Å². The normalized spacial score (nSPS) is 13.6.